The quantitative estimate of drug-likeness (QED) is 0.870. The van der Waals surface area contributed by atoms with Crippen LogP contribution in [0.3, 0.4) is 0 Å². The van der Waals surface area contributed by atoms with Crippen molar-refractivity contribution in [1.82, 2.24) is 4.37 Å². The van der Waals surface area contributed by atoms with Crippen LogP contribution in [0.5, 0.6) is 0 Å². The fourth-order valence-corrected chi connectivity index (χ4v) is 4.37. The summed E-state index contributed by atoms with van der Waals surface area (Å²) in [4.78, 5) is 11.2. The highest BCUT2D eigenvalue weighted by molar-refractivity contribution is 7.99. The third-order valence-electron chi connectivity index (χ3n) is 3.20. The first-order valence-electron chi connectivity index (χ1n) is 6.19. The zero-order valence-electron chi connectivity index (χ0n) is 10.6. The Morgan fingerprint density at radius 3 is 3.06 bits per heavy atom. The van der Waals surface area contributed by atoms with Crippen molar-refractivity contribution in [2.75, 3.05) is 11.1 Å². The minimum atomic E-state index is -0.888. The lowest BCUT2D eigenvalue weighted by atomic mass is 10.2. The summed E-state index contributed by atoms with van der Waals surface area (Å²) in [5, 5.41) is 14.0. The molecule has 2 N–H and O–H groups in total. The van der Waals surface area contributed by atoms with E-state index in [4.69, 9.17) is 5.11 Å². The lowest BCUT2D eigenvalue weighted by Gasteiger charge is -2.13. The highest BCUT2D eigenvalue weighted by Gasteiger charge is 2.27. The van der Waals surface area contributed by atoms with Crippen molar-refractivity contribution in [3.8, 4) is 0 Å². The number of hydrogen-bond acceptors (Lipinski definition) is 5. The van der Waals surface area contributed by atoms with E-state index in [1.165, 1.54) is 18.0 Å². The van der Waals surface area contributed by atoms with Crippen molar-refractivity contribution in [3.63, 3.8) is 0 Å². The fourth-order valence-electron chi connectivity index (χ4n) is 2.36. The average Bonchev–Trinajstić information content (AvgIpc) is 2.87. The average molecular weight is 286 g/mol. The maximum atomic E-state index is 11.2. The Morgan fingerprint density at radius 2 is 2.39 bits per heavy atom. The van der Waals surface area contributed by atoms with Crippen molar-refractivity contribution < 1.29 is 9.90 Å². The lowest BCUT2D eigenvalue weighted by molar-refractivity contribution is 0.0697. The van der Waals surface area contributed by atoms with Crippen molar-refractivity contribution in [1.29, 1.82) is 0 Å². The monoisotopic (exact) mass is 286 g/mol. The smallest absolute Gasteiger partial charge is 0.340 e. The van der Waals surface area contributed by atoms with E-state index in [0.717, 1.165) is 23.8 Å². The molecular formula is C12H18N2O2S2. The molecule has 0 aromatic carbocycles. The Labute approximate surface area is 115 Å². The first-order chi connectivity index (χ1) is 8.61. The molecule has 4 nitrogen and oxygen atoms in total. The lowest BCUT2D eigenvalue weighted by Crippen LogP contribution is -2.17. The Balaban J connectivity index is 2.00. The molecular weight excluding hydrogens is 268 g/mol. The first kappa shape index (κ1) is 13.7. The third-order valence-corrected chi connectivity index (χ3v) is 5.30. The molecule has 1 aliphatic carbocycles. The van der Waals surface area contributed by atoms with Crippen molar-refractivity contribution in [3.05, 3.63) is 11.3 Å². The van der Waals surface area contributed by atoms with Gasteiger partial charge >= 0.3 is 5.97 Å². The molecule has 1 aromatic heterocycles. The van der Waals surface area contributed by atoms with Crippen LogP contribution in [-0.2, 0) is 0 Å². The number of hydrogen-bond donors (Lipinski definition) is 2. The number of carboxylic acid groups (broad SMARTS) is 1. The molecule has 6 heteroatoms. The van der Waals surface area contributed by atoms with Crippen LogP contribution in [-0.4, -0.2) is 32.5 Å². The Morgan fingerprint density at radius 1 is 1.61 bits per heavy atom. The Bertz CT molecular complexity index is 434. The minimum absolute atomic E-state index is 0.339. The van der Waals surface area contributed by atoms with E-state index in [2.05, 4.69) is 16.6 Å². The summed E-state index contributed by atoms with van der Waals surface area (Å²) in [6.07, 6.45) is 3.46. The molecule has 0 bridgehead atoms. The molecule has 0 amide bonds. The molecule has 1 heterocycles. The van der Waals surface area contributed by atoms with Crippen LogP contribution >= 0.6 is 23.3 Å². The van der Waals surface area contributed by atoms with Crippen molar-refractivity contribution >= 4 is 34.3 Å². The highest BCUT2D eigenvalue weighted by Crippen LogP contribution is 2.33. The van der Waals surface area contributed by atoms with Crippen LogP contribution < -0.4 is 5.32 Å². The molecule has 0 radical (unpaired) electrons. The van der Waals surface area contributed by atoms with E-state index >= 15 is 0 Å². The number of carboxylic acids is 1. The summed E-state index contributed by atoms with van der Waals surface area (Å²) in [6, 6.07) is 0.395. The van der Waals surface area contributed by atoms with Crippen LogP contribution in [0.2, 0.25) is 0 Å². The predicted octanol–water partition coefficient (Wildman–Crippen LogP) is 3.24. The molecule has 18 heavy (non-hydrogen) atoms. The van der Waals surface area contributed by atoms with Gasteiger partial charge in [-0.05, 0) is 43.5 Å². The number of aromatic carboxylic acids is 1. The maximum Gasteiger partial charge on any atom is 0.340 e. The number of thioether (sulfide) groups is 1. The van der Waals surface area contributed by atoms with Gasteiger partial charge in [0.25, 0.3) is 0 Å². The summed E-state index contributed by atoms with van der Waals surface area (Å²) in [5.41, 5.74) is 0.944. The van der Waals surface area contributed by atoms with Crippen molar-refractivity contribution in [2.24, 2.45) is 0 Å². The first-order valence-corrected chi connectivity index (χ1v) is 8.01. The predicted molar refractivity (Wildman–Crippen MR) is 77.0 cm³/mol. The van der Waals surface area contributed by atoms with Gasteiger partial charge in [-0.3, -0.25) is 0 Å². The maximum absolute atomic E-state index is 11.2. The number of nitrogens with one attached hydrogen (secondary N) is 1. The summed E-state index contributed by atoms with van der Waals surface area (Å²) in [6.45, 7) is 3.93. The number of rotatable bonds is 5. The molecule has 2 unspecified atom stereocenters. The highest BCUT2D eigenvalue weighted by atomic mass is 32.2. The summed E-state index contributed by atoms with van der Waals surface area (Å²) >= 11 is 3.26. The van der Waals surface area contributed by atoms with Crippen LogP contribution in [0.4, 0.5) is 5.00 Å². The van der Waals surface area contributed by atoms with E-state index in [9.17, 15) is 4.79 Å². The summed E-state index contributed by atoms with van der Waals surface area (Å²) in [7, 11) is 0. The van der Waals surface area contributed by atoms with Gasteiger partial charge in [-0.2, -0.15) is 16.1 Å². The van der Waals surface area contributed by atoms with E-state index in [1.807, 2.05) is 11.8 Å². The number of aryl methyl sites for hydroxylation is 1. The SMILES string of the molecule is CCSC1CCC(Nc2snc(C)c2C(=O)O)C1. The molecule has 0 aliphatic heterocycles. The standard InChI is InChI=1S/C12H18N2O2S2/c1-3-17-9-5-4-8(6-9)13-11-10(12(15)16)7(2)14-18-11/h8-9,13H,3-6H2,1-2H3,(H,15,16). The van der Waals surface area contributed by atoms with Crippen LogP contribution in [0.25, 0.3) is 0 Å². The van der Waals surface area contributed by atoms with Gasteiger partial charge in [0.05, 0.1) is 5.69 Å². The number of nitrogens with zero attached hydrogens (tertiary/aromatic N) is 1. The summed E-state index contributed by atoms with van der Waals surface area (Å²) in [5.74, 6) is 0.262. The molecule has 2 rings (SSSR count). The zero-order chi connectivity index (χ0) is 13.1. The zero-order valence-corrected chi connectivity index (χ0v) is 12.2. The molecule has 100 valence electrons. The number of aromatic nitrogens is 1. The van der Waals surface area contributed by atoms with Gasteiger partial charge < -0.3 is 10.4 Å². The summed E-state index contributed by atoms with van der Waals surface area (Å²) < 4.78 is 4.13. The second-order valence-electron chi connectivity index (χ2n) is 4.51. The second kappa shape index (κ2) is 5.93. The van der Waals surface area contributed by atoms with Gasteiger partial charge in [-0.1, -0.05) is 6.92 Å². The van der Waals surface area contributed by atoms with Gasteiger partial charge in [-0.25, -0.2) is 4.79 Å². The largest absolute Gasteiger partial charge is 0.478 e. The van der Waals surface area contributed by atoms with Crippen molar-refractivity contribution in [2.45, 2.75) is 44.4 Å². The van der Waals surface area contributed by atoms with E-state index in [0.29, 0.717) is 22.3 Å². The molecule has 1 fully saturated rings. The van der Waals surface area contributed by atoms with E-state index in [-0.39, 0.29) is 0 Å². The minimum Gasteiger partial charge on any atom is -0.478 e. The van der Waals surface area contributed by atoms with Gasteiger partial charge in [-0.15, -0.1) is 0 Å². The third kappa shape index (κ3) is 2.98. The molecule has 2 atom stereocenters. The van der Waals surface area contributed by atoms with Gasteiger partial charge in [0.2, 0.25) is 0 Å². The normalized spacial score (nSPS) is 23.2. The van der Waals surface area contributed by atoms with Crippen LogP contribution in [0.1, 0.15) is 42.2 Å². The van der Waals surface area contributed by atoms with Gasteiger partial charge in [0.15, 0.2) is 0 Å². The van der Waals surface area contributed by atoms with Crippen LogP contribution in [0.15, 0.2) is 0 Å². The Kier molecular flexibility index (Phi) is 4.50. The molecule has 0 saturated heterocycles. The van der Waals surface area contributed by atoms with Crippen LogP contribution in [0, 0.1) is 6.92 Å². The van der Waals surface area contributed by atoms with Gasteiger partial charge in [0, 0.05) is 11.3 Å². The molecule has 1 saturated carbocycles. The number of anilines is 1. The number of carbonyl (C=O) groups is 1. The van der Waals surface area contributed by atoms with E-state index < -0.39 is 5.97 Å². The molecule has 1 aromatic rings. The molecule has 0 spiro atoms. The van der Waals surface area contributed by atoms with E-state index in [1.54, 1.807) is 6.92 Å². The second-order valence-corrected chi connectivity index (χ2v) is 6.86. The van der Waals surface area contributed by atoms with Gasteiger partial charge in [0.1, 0.15) is 10.6 Å². The Hall–Kier alpha value is -0.750. The topological polar surface area (TPSA) is 62.2 Å². The fraction of sp³-hybridized carbons (Fsp3) is 0.667. The molecule has 1 aliphatic rings.